The number of nitrogens with zero attached hydrogens (tertiary/aromatic N) is 1. The molecule has 1 unspecified atom stereocenters. The smallest absolute Gasteiger partial charge is 0.325 e. The van der Waals surface area contributed by atoms with Crippen molar-refractivity contribution in [2.24, 2.45) is 0 Å². The maximum Gasteiger partial charge on any atom is 0.325 e. The number of benzene rings is 1. The van der Waals surface area contributed by atoms with Crippen molar-refractivity contribution in [1.82, 2.24) is 5.32 Å². The van der Waals surface area contributed by atoms with Gasteiger partial charge in [0, 0.05) is 16.6 Å². The van der Waals surface area contributed by atoms with Crippen LogP contribution in [0.15, 0.2) is 29.2 Å². The number of rotatable bonds is 5. The number of fused-ring (bicyclic) bond motifs is 1. The number of hydrogen-bond donors (Lipinski definition) is 1. The molecule has 1 atom stereocenters. The van der Waals surface area contributed by atoms with E-state index in [0.29, 0.717) is 6.42 Å². The van der Waals surface area contributed by atoms with E-state index in [4.69, 9.17) is 4.74 Å². The van der Waals surface area contributed by atoms with E-state index in [0.717, 1.165) is 10.6 Å². The third kappa shape index (κ3) is 4.72. The molecule has 0 bridgehead atoms. The van der Waals surface area contributed by atoms with Gasteiger partial charge in [0.05, 0.1) is 12.3 Å². The van der Waals surface area contributed by atoms with E-state index in [1.165, 1.54) is 4.90 Å². The van der Waals surface area contributed by atoms with E-state index < -0.39 is 5.97 Å². The summed E-state index contributed by atoms with van der Waals surface area (Å²) in [5.74, 6) is -0.977. The van der Waals surface area contributed by atoms with Crippen LogP contribution in [0.1, 0.15) is 20.3 Å². The van der Waals surface area contributed by atoms with Gasteiger partial charge < -0.3 is 15.0 Å². The Bertz CT molecular complexity index is 605. The van der Waals surface area contributed by atoms with Crippen molar-refractivity contribution in [3.63, 3.8) is 0 Å². The SMILES string of the molecule is CCOC(=O)CNC(=O)CN1C(=O)CC(C)Sc2ccccc21. The fourth-order valence-electron chi connectivity index (χ4n) is 2.28. The average molecular weight is 336 g/mol. The first-order chi connectivity index (χ1) is 11.0. The van der Waals surface area contributed by atoms with E-state index in [-0.39, 0.29) is 36.8 Å². The van der Waals surface area contributed by atoms with E-state index >= 15 is 0 Å². The third-order valence-electron chi connectivity index (χ3n) is 3.28. The zero-order chi connectivity index (χ0) is 16.8. The van der Waals surface area contributed by atoms with Crippen LogP contribution in [0.3, 0.4) is 0 Å². The number of anilines is 1. The number of hydrogen-bond acceptors (Lipinski definition) is 5. The second-order valence-electron chi connectivity index (χ2n) is 5.16. The maximum atomic E-state index is 12.4. The van der Waals surface area contributed by atoms with Gasteiger partial charge in [-0.3, -0.25) is 14.4 Å². The predicted molar refractivity (Wildman–Crippen MR) is 88.4 cm³/mol. The molecule has 0 fully saturated rings. The van der Waals surface area contributed by atoms with E-state index in [1.54, 1.807) is 18.7 Å². The highest BCUT2D eigenvalue weighted by Crippen LogP contribution is 2.37. The molecule has 0 aliphatic carbocycles. The molecule has 0 aromatic heterocycles. The molecular formula is C16H20N2O4S. The number of carbonyl (C=O) groups excluding carboxylic acids is 3. The zero-order valence-electron chi connectivity index (χ0n) is 13.2. The van der Waals surface area contributed by atoms with Crippen LogP contribution in [0, 0.1) is 0 Å². The Morgan fingerprint density at radius 1 is 1.39 bits per heavy atom. The first-order valence-corrected chi connectivity index (χ1v) is 8.37. The molecule has 0 radical (unpaired) electrons. The second kappa shape index (κ2) is 8.01. The van der Waals surface area contributed by atoms with Gasteiger partial charge in [-0.05, 0) is 19.1 Å². The van der Waals surface area contributed by atoms with Crippen LogP contribution in [-0.4, -0.2) is 42.7 Å². The topological polar surface area (TPSA) is 75.7 Å². The molecule has 1 aromatic carbocycles. The van der Waals surface area contributed by atoms with Crippen molar-refractivity contribution in [3.05, 3.63) is 24.3 Å². The first kappa shape index (κ1) is 17.3. The van der Waals surface area contributed by atoms with Gasteiger partial charge in [-0.15, -0.1) is 11.8 Å². The van der Waals surface area contributed by atoms with Crippen LogP contribution in [0.25, 0.3) is 0 Å². The lowest BCUT2D eigenvalue weighted by atomic mass is 10.2. The summed E-state index contributed by atoms with van der Waals surface area (Å²) in [5.41, 5.74) is 0.734. The molecule has 124 valence electrons. The fraction of sp³-hybridized carbons (Fsp3) is 0.438. The highest BCUT2D eigenvalue weighted by atomic mass is 32.2. The number of carbonyl (C=O) groups is 3. The summed E-state index contributed by atoms with van der Waals surface area (Å²) in [5, 5.41) is 2.63. The van der Waals surface area contributed by atoms with Gasteiger partial charge in [0.15, 0.2) is 0 Å². The Kier molecular flexibility index (Phi) is 6.04. The Labute approximate surface area is 139 Å². The van der Waals surface area contributed by atoms with Crippen LogP contribution >= 0.6 is 11.8 Å². The molecule has 7 heteroatoms. The number of ether oxygens (including phenoxy) is 1. The fourth-order valence-corrected chi connectivity index (χ4v) is 3.40. The quantitative estimate of drug-likeness (QED) is 0.826. The molecule has 0 saturated heterocycles. The van der Waals surface area contributed by atoms with Crippen LogP contribution < -0.4 is 10.2 Å². The summed E-state index contributed by atoms with van der Waals surface area (Å²) in [6, 6.07) is 7.52. The Hall–Kier alpha value is -2.02. The molecule has 6 nitrogen and oxygen atoms in total. The van der Waals surface area contributed by atoms with Crippen molar-refractivity contribution < 1.29 is 19.1 Å². The minimum atomic E-state index is -0.493. The normalized spacial score (nSPS) is 17.2. The van der Waals surface area contributed by atoms with Crippen LogP contribution in [0.5, 0.6) is 0 Å². The summed E-state index contributed by atoms with van der Waals surface area (Å²) >= 11 is 1.62. The highest BCUT2D eigenvalue weighted by molar-refractivity contribution is 8.00. The first-order valence-electron chi connectivity index (χ1n) is 7.49. The summed E-state index contributed by atoms with van der Waals surface area (Å²) in [7, 11) is 0. The monoisotopic (exact) mass is 336 g/mol. The molecule has 1 heterocycles. The molecule has 2 amide bonds. The Balaban J connectivity index is 2.07. The van der Waals surface area contributed by atoms with Crippen LogP contribution in [0.4, 0.5) is 5.69 Å². The summed E-state index contributed by atoms with van der Waals surface area (Å²) < 4.78 is 4.76. The highest BCUT2D eigenvalue weighted by Gasteiger charge is 2.27. The standard InChI is InChI=1S/C16H20N2O4S/c1-3-22-16(21)9-17-14(19)10-18-12-6-4-5-7-13(12)23-11(2)8-15(18)20/h4-7,11H,3,8-10H2,1-2H3,(H,17,19). The van der Waals surface area contributed by atoms with Gasteiger partial charge in [0.25, 0.3) is 0 Å². The number of para-hydroxylation sites is 1. The van der Waals surface area contributed by atoms with Crippen molar-refractivity contribution in [3.8, 4) is 0 Å². The summed E-state index contributed by atoms with van der Waals surface area (Å²) in [6.07, 6.45) is 0.366. The molecule has 0 spiro atoms. The van der Waals surface area contributed by atoms with Crippen LogP contribution in [-0.2, 0) is 19.1 Å². The molecule has 1 aliphatic heterocycles. The minimum Gasteiger partial charge on any atom is -0.465 e. The lowest BCUT2D eigenvalue weighted by Crippen LogP contribution is -2.42. The van der Waals surface area contributed by atoms with Crippen molar-refractivity contribution in [2.45, 2.75) is 30.4 Å². The lowest BCUT2D eigenvalue weighted by Gasteiger charge is -2.22. The van der Waals surface area contributed by atoms with E-state index in [9.17, 15) is 14.4 Å². The molecule has 0 saturated carbocycles. The number of thioether (sulfide) groups is 1. The van der Waals surface area contributed by atoms with Crippen molar-refractivity contribution in [1.29, 1.82) is 0 Å². The number of amides is 2. The van der Waals surface area contributed by atoms with Gasteiger partial charge in [0.1, 0.15) is 13.1 Å². The van der Waals surface area contributed by atoms with Crippen molar-refractivity contribution >= 4 is 35.2 Å². The molecule has 1 N–H and O–H groups in total. The molecular weight excluding hydrogens is 316 g/mol. The number of esters is 1. The predicted octanol–water partition coefficient (Wildman–Crippen LogP) is 1.58. The van der Waals surface area contributed by atoms with E-state index in [2.05, 4.69) is 5.32 Å². The van der Waals surface area contributed by atoms with E-state index in [1.807, 2.05) is 31.2 Å². The minimum absolute atomic E-state index is 0.0961. The van der Waals surface area contributed by atoms with Gasteiger partial charge in [0.2, 0.25) is 11.8 Å². The van der Waals surface area contributed by atoms with Gasteiger partial charge in [-0.2, -0.15) is 0 Å². The third-order valence-corrected chi connectivity index (χ3v) is 4.45. The molecule has 23 heavy (non-hydrogen) atoms. The lowest BCUT2D eigenvalue weighted by molar-refractivity contribution is -0.143. The summed E-state index contributed by atoms with van der Waals surface area (Å²) in [4.78, 5) is 38.2. The Morgan fingerprint density at radius 3 is 2.87 bits per heavy atom. The van der Waals surface area contributed by atoms with Gasteiger partial charge in [-0.1, -0.05) is 19.1 Å². The maximum absolute atomic E-state index is 12.4. The molecule has 1 aliphatic rings. The summed E-state index contributed by atoms with van der Waals surface area (Å²) in [6.45, 7) is 3.65. The van der Waals surface area contributed by atoms with Gasteiger partial charge in [-0.25, -0.2) is 0 Å². The molecule has 1 aromatic rings. The second-order valence-corrected chi connectivity index (χ2v) is 6.64. The largest absolute Gasteiger partial charge is 0.465 e. The average Bonchev–Trinajstić information content (AvgIpc) is 2.62. The Morgan fingerprint density at radius 2 is 2.13 bits per heavy atom. The van der Waals surface area contributed by atoms with Gasteiger partial charge >= 0.3 is 5.97 Å². The number of nitrogens with one attached hydrogen (secondary N) is 1. The van der Waals surface area contributed by atoms with Crippen LogP contribution in [0.2, 0.25) is 0 Å². The molecule has 2 rings (SSSR count). The van der Waals surface area contributed by atoms with Crippen molar-refractivity contribution in [2.75, 3.05) is 24.6 Å². The zero-order valence-corrected chi connectivity index (χ0v) is 14.0.